The van der Waals surface area contributed by atoms with Crippen molar-refractivity contribution in [3.63, 3.8) is 0 Å². The molecule has 1 saturated heterocycles. The van der Waals surface area contributed by atoms with Crippen molar-refractivity contribution in [2.45, 2.75) is 32.7 Å². The molecule has 8 heteroatoms. The molecule has 0 bridgehead atoms. The van der Waals surface area contributed by atoms with Gasteiger partial charge in [-0.3, -0.25) is 0 Å². The first-order valence-electron chi connectivity index (χ1n) is 9.21. The molecule has 0 aromatic carbocycles. The molecule has 4 heterocycles. The molecule has 0 spiro atoms. The van der Waals surface area contributed by atoms with Crippen molar-refractivity contribution in [3.8, 4) is 6.07 Å². The summed E-state index contributed by atoms with van der Waals surface area (Å²) in [6.45, 7) is 5.86. The van der Waals surface area contributed by atoms with E-state index >= 15 is 0 Å². The summed E-state index contributed by atoms with van der Waals surface area (Å²) in [4.78, 5) is 20.0. The number of aromatic nitrogens is 5. The number of hydrogen-bond acceptors (Lipinski definition) is 7. The fourth-order valence-electron chi connectivity index (χ4n) is 3.32. The molecule has 8 nitrogen and oxygen atoms in total. The molecule has 4 rings (SSSR count). The van der Waals surface area contributed by atoms with Gasteiger partial charge >= 0.3 is 0 Å². The fraction of sp³-hybridized carbons (Fsp3) is 0.421. The van der Waals surface area contributed by atoms with Crippen LogP contribution in [0.3, 0.4) is 0 Å². The maximum atomic E-state index is 9.05. The number of fused-ring (bicyclic) bond motifs is 1. The lowest BCUT2D eigenvalue weighted by Gasteiger charge is -2.29. The minimum absolute atomic E-state index is 0.143. The van der Waals surface area contributed by atoms with Gasteiger partial charge in [0.05, 0.1) is 24.1 Å². The SMILES string of the molecule is CC(C)n1cnc2cnc(Nc3ccnc(N4CCC(C#N)CC4)n3)cc21. The van der Waals surface area contributed by atoms with Gasteiger partial charge < -0.3 is 14.8 Å². The van der Waals surface area contributed by atoms with E-state index in [9.17, 15) is 0 Å². The number of anilines is 3. The number of nitrogens with one attached hydrogen (secondary N) is 1. The van der Waals surface area contributed by atoms with Crippen LogP contribution in [-0.4, -0.2) is 37.6 Å². The van der Waals surface area contributed by atoms with Gasteiger partial charge in [-0.2, -0.15) is 10.2 Å². The molecule has 1 aliphatic rings. The van der Waals surface area contributed by atoms with Crippen LogP contribution in [0.15, 0.2) is 30.9 Å². The van der Waals surface area contributed by atoms with Gasteiger partial charge in [-0.25, -0.2) is 15.0 Å². The van der Waals surface area contributed by atoms with E-state index in [1.807, 2.05) is 18.5 Å². The van der Waals surface area contributed by atoms with Gasteiger partial charge in [-0.15, -0.1) is 0 Å². The number of nitrogens with zero attached hydrogens (tertiary/aromatic N) is 7. The topological polar surface area (TPSA) is 95.5 Å². The summed E-state index contributed by atoms with van der Waals surface area (Å²) in [6, 6.07) is 6.49. The van der Waals surface area contributed by atoms with Crippen molar-refractivity contribution < 1.29 is 0 Å². The Hall–Kier alpha value is -3.21. The van der Waals surface area contributed by atoms with Crippen LogP contribution in [0.4, 0.5) is 17.6 Å². The Labute approximate surface area is 157 Å². The summed E-state index contributed by atoms with van der Waals surface area (Å²) in [6.07, 6.45) is 7.07. The van der Waals surface area contributed by atoms with Crippen LogP contribution in [0, 0.1) is 17.2 Å². The monoisotopic (exact) mass is 362 g/mol. The Morgan fingerprint density at radius 1 is 1.19 bits per heavy atom. The molecule has 0 saturated carbocycles. The number of piperidine rings is 1. The van der Waals surface area contributed by atoms with Crippen LogP contribution in [0.5, 0.6) is 0 Å². The van der Waals surface area contributed by atoms with Gasteiger partial charge in [-0.05, 0) is 32.8 Å². The predicted octanol–water partition coefficient (Wildman–Crippen LogP) is 3.29. The van der Waals surface area contributed by atoms with E-state index in [2.05, 4.69) is 54.6 Å². The molecule has 3 aromatic heterocycles. The van der Waals surface area contributed by atoms with Crippen molar-refractivity contribution in [3.05, 3.63) is 30.9 Å². The van der Waals surface area contributed by atoms with Gasteiger partial charge in [0, 0.05) is 37.3 Å². The zero-order valence-electron chi connectivity index (χ0n) is 15.5. The Balaban J connectivity index is 1.54. The van der Waals surface area contributed by atoms with E-state index in [-0.39, 0.29) is 5.92 Å². The highest BCUT2D eigenvalue weighted by atomic mass is 15.3. The van der Waals surface area contributed by atoms with E-state index in [1.165, 1.54) is 0 Å². The molecular weight excluding hydrogens is 340 g/mol. The third-order valence-corrected chi connectivity index (χ3v) is 4.88. The zero-order valence-corrected chi connectivity index (χ0v) is 15.5. The number of hydrogen-bond donors (Lipinski definition) is 1. The van der Waals surface area contributed by atoms with Gasteiger partial charge in [0.1, 0.15) is 17.2 Å². The van der Waals surface area contributed by atoms with Crippen molar-refractivity contribution in [2.24, 2.45) is 5.92 Å². The molecule has 1 aliphatic heterocycles. The quantitative estimate of drug-likeness (QED) is 0.761. The zero-order chi connectivity index (χ0) is 18.8. The highest BCUT2D eigenvalue weighted by molar-refractivity contribution is 5.78. The Bertz CT molecular complexity index is 979. The van der Waals surface area contributed by atoms with Crippen molar-refractivity contribution >= 4 is 28.6 Å². The van der Waals surface area contributed by atoms with Gasteiger partial charge in [0.15, 0.2) is 0 Å². The van der Waals surface area contributed by atoms with Crippen molar-refractivity contribution in [1.29, 1.82) is 5.26 Å². The fourth-order valence-corrected chi connectivity index (χ4v) is 3.32. The van der Waals surface area contributed by atoms with E-state index in [0.29, 0.717) is 17.8 Å². The lowest BCUT2D eigenvalue weighted by molar-refractivity contribution is 0.482. The molecule has 0 aliphatic carbocycles. The second kappa shape index (κ2) is 7.19. The van der Waals surface area contributed by atoms with Gasteiger partial charge in [-0.1, -0.05) is 0 Å². The molecule has 1 fully saturated rings. The number of pyridine rings is 1. The maximum Gasteiger partial charge on any atom is 0.227 e. The minimum Gasteiger partial charge on any atom is -0.341 e. The van der Waals surface area contributed by atoms with Crippen LogP contribution in [0.2, 0.25) is 0 Å². The van der Waals surface area contributed by atoms with Crippen LogP contribution in [0.25, 0.3) is 11.0 Å². The molecule has 27 heavy (non-hydrogen) atoms. The Morgan fingerprint density at radius 2 is 2.00 bits per heavy atom. The highest BCUT2D eigenvalue weighted by Gasteiger charge is 2.20. The highest BCUT2D eigenvalue weighted by Crippen LogP contribution is 2.23. The normalized spacial score (nSPS) is 15.3. The van der Waals surface area contributed by atoms with Crippen molar-refractivity contribution in [2.75, 3.05) is 23.3 Å². The molecule has 1 N–H and O–H groups in total. The molecule has 138 valence electrons. The van der Waals surface area contributed by atoms with Gasteiger partial charge in [0.2, 0.25) is 5.95 Å². The predicted molar refractivity (Wildman–Crippen MR) is 104 cm³/mol. The first-order chi connectivity index (χ1) is 13.1. The van der Waals surface area contributed by atoms with E-state index < -0.39 is 0 Å². The Kier molecular flexibility index (Phi) is 4.59. The standard InChI is InChI=1S/C19H22N8/c1-13(2)27-12-23-15-11-22-18(9-16(15)27)24-17-3-6-21-19(25-17)26-7-4-14(10-20)5-8-26/h3,6,9,11-14H,4-5,7-8H2,1-2H3,(H,21,22,24,25). The first-order valence-corrected chi connectivity index (χ1v) is 9.21. The first kappa shape index (κ1) is 17.2. The molecule has 0 unspecified atom stereocenters. The average Bonchev–Trinajstić information content (AvgIpc) is 3.12. The number of nitriles is 1. The van der Waals surface area contributed by atoms with E-state index in [0.717, 1.165) is 42.8 Å². The summed E-state index contributed by atoms with van der Waals surface area (Å²) in [5.41, 5.74) is 1.91. The summed E-state index contributed by atoms with van der Waals surface area (Å²) >= 11 is 0. The lowest BCUT2D eigenvalue weighted by atomic mass is 9.99. The van der Waals surface area contributed by atoms with Crippen LogP contribution in [-0.2, 0) is 0 Å². The van der Waals surface area contributed by atoms with Crippen LogP contribution < -0.4 is 10.2 Å². The lowest BCUT2D eigenvalue weighted by Crippen LogP contribution is -2.34. The third-order valence-electron chi connectivity index (χ3n) is 4.88. The Morgan fingerprint density at radius 3 is 2.74 bits per heavy atom. The van der Waals surface area contributed by atoms with Crippen LogP contribution >= 0.6 is 0 Å². The molecule has 0 amide bonds. The summed E-state index contributed by atoms with van der Waals surface area (Å²) in [5, 5.41) is 12.3. The summed E-state index contributed by atoms with van der Waals surface area (Å²) in [5.74, 6) is 2.25. The second-order valence-corrected chi connectivity index (χ2v) is 7.06. The molecular formula is C19H22N8. The average molecular weight is 362 g/mol. The largest absolute Gasteiger partial charge is 0.341 e. The van der Waals surface area contributed by atoms with Crippen LogP contribution in [0.1, 0.15) is 32.7 Å². The number of imidazole rings is 1. The summed E-state index contributed by atoms with van der Waals surface area (Å²) in [7, 11) is 0. The van der Waals surface area contributed by atoms with E-state index in [1.54, 1.807) is 12.4 Å². The molecule has 0 atom stereocenters. The van der Waals surface area contributed by atoms with Crippen molar-refractivity contribution in [1.82, 2.24) is 24.5 Å². The smallest absolute Gasteiger partial charge is 0.227 e. The maximum absolute atomic E-state index is 9.05. The van der Waals surface area contributed by atoms with E-state index in [4.69, 9.17) is 5.26 Å². The summed E-state index contributed by atoms with van der Waals surface area (Å²) < 4.78 is 2.12. The molecule has 3 aromatic rings. The molecule has 0 radical (unpaired) electrons. The second-order valence-electron chi connectivity index (χ2n) is 7.06. The van der Waals surface area contributed by atoms with Gasteiger partial charge in [0.25, 0.3) is 0 Å². The third kappa shape index (κ3) is 3.53. The number of rotatable bonds is 4. The minimum atomic E-state index is 0.143.